The lowest BCUT2D eigenvalue weighted by atomic mass is 10.1. The molecule has 0 aliphatic carbocycles. The molecule has 1 amide bonds. The van der Waals surface area contributed by atoms with Crippen LogP contribution in [-0.2, 0) is 11.2 Å². The Morgan fingerprint density at radius 2 is 1.89 bits per heavy atom. The van der Waals surface area contributed by atoms with Crippen molar-refractivity contribution in [2.75, 3.05) is 13.6 Å². The van der Waals surface area contributed by atoms with Gasteiger partial charge in [-0.2, -0.15) is 25.8 Å². The van der Waals surface area contributed by atoms with E-state index in [-0.39, 0.29) is 0 Å². The molecule has 0 heterocycles. The standard InChI is InChI=1S/C12H14F3NOS/c1-16(8-12(13,14)15)11(17)10(18)7-9-5-3-2-4-6-9/h2-6,10,18H,7-8H2,1H3. The van der Waals surface area contributed by atoms with Crippen molar-refractivity contribution in [1.82, 2.24) is 4.90 Å². The molecule has 1 aromatic carbocycles. The zero-order chi connectivity index (χ0) is 13.8. The summed E-state index contributed by atoms with van der Waals surface area (Å²) in [6, 6.07) is 9.05. The summed E-state index contributed by atoms with van der Waals surface area (Å²) in [4.78, 5) is 12.3. The molecule has 6 heteroatoms. The maximum absolute atomic E-state index is 12.1. The average Bonchev–Trinajstić information content (AvgIpc) is 2.27. The highest BCUT2D eigenvalue weighted by molar-refractivity contribution is 7.81. The molecule has 0 radical (unpaired) electrons. The van der Waals surface area contributed by atoms with E-state index in [1.165, 1.54) is 0 Å². The number of carbonyl (C=O) groups is 1. The van der Waals surface area contributed by atoms with Gasteiger partial charge in [-0.3, -0.25) is 4.79 Å². The van der Waals surface area contributed by atoms with Crippen molar-refractivity contribution >= 4 is 18.5 Å². The first-order valence-electron chi connectivity index (χ1n) is 5.33. The highest BCUT2D eigenvalue weighted by Gasteiger charge is 2.32. The Bertz CT molecular complexity index is 394. The van der Waals surface area contributed by atoms with Crippen LogP contribution in [0.4, 0.5) is 13.2 Å². The van der Waals surface area contributed by atoms with Crippen molar-refractivity contribution in [3.05, 3.63) is 35.9 Å². The number of benzene rings is 1. The molecule has 0 aliphatic rings. The summed E-state index contributed by atoms with van der Waals surface area (Å²) >= 11 is 4.07. The average molecular weight is 277 g/mol. The van der Waals surface area contributed by atoms with Crippen LogP contribution < -0.4 is 0 Å². The smallest absolute Gasteiger partial charge is 0.336 e. The lowest BCUT2D eigenvalue weighted by molar-refractivity contribution is -0.157. The van der Waals surface area contributed by atoms with E-state index in [4.69, 9.17) is 0 Å². The van der Waals surface area contributed by atoms with Crippen LogP contribution in [0.1, 0.15) is 5.56 Å². The SMILES string of the molecule is CN(CC(F)(F)F)C(=O)C(S)Cc1ccccc1. The van der Waals surface area contributed by atoms with Gasteiger partial charge in [-0.15, -0.1) is 0 Å². The fraction of sp³-hybridized carbons (Fsp3) is 0.417. The molecule has 100 valence electrons. The van der Waals surface area contributed by atoms with E-state index < -0.39 is 23.9 Å². The van der Waals surface area contributed by atoms with Crippen LogP contribution in [0.15, 0.2) is 30.3 Å². The summed E-state index contributed by atoms with van der Waals surface area (Å²) in [5, 5.41) is -0.764. The van der Waals surface area contributed by atoms with E-state index in [0.29, 0.717) is 11.3 Å². The van der Waals surface area contributed by atoms with Crippen molar-refractivity contribution in [2.45, 2.75) is 17.8 Å². The summed E-state index contributed by atoms with van der Waals surface area (Å²) in [7, 11) is 1.13. The monoisotopic (exact) mass is 277 g/mol. The summed E-state index contributed by atoms with van der Waals surface area (Å²) in [5.74, 6) is -0.625. The molecule has 0 fully saturated rings. The van der Waals surface area contributed by atoms with Gasteiger partial charge in [-0.25, -0.2) is 0 Å². The Morgan fingerprint density at radius 3 is 2.39 bits per heavy atom. The van der Waals surface area contributed by atoms with Crippen molar-refractivity contribution in [3.8, 4) is 0 Å². The third kappa shape index (κ3) is 5.00. The number of alkyl halides is 3. The predicted octanol–water partition coefficient (Wildman–Crippen LogP) is 2.55. The van der Waals surface area contributed by atoms with Crippen LogP contribution in [0.5, 0.6) is 0 Å². The van der Waals surface area contributed by atoms with E-state index in [9.17, 15) is 18.0 Å². The van der Waals surface area contributed by atoms with Crippen LogP contribution in [0.2, 0.25) is 0 Å². The predicted molar refractivity (Wildman–Crippen MR) is 66.6 cm³/mol. The number of thiol groups is 1. The van der Waals surface area contributed by atoms with Crippen molar-refractivity contribution in [3.63, 3.8) is 0 Å². The van der Waals surface area contributed by atoms with E-state index in [1.807, 2.05) is 6.07 Å². The minimum absolute atomic E-state index is 0.310. The molecule has 1 unspecified atom stereocenters. The Kier molecular flexibility index (Phi) is 5.07. The molecule has 0 aliphatic heterocycles. The van der Waals surface area contributed by atoms with Gasteiger partial charge < -0.3 is 4.90 Å². The number of carbonyl (C=O) groups excluding carboxylic acids is 1. The Labute approximate surface area is 109 Å². The largest absolute Gasteiger partial charge is 0.406 e. The normalized spacial score (nSPS) is 13.2. The number of halogens is 3. The second-order valence-electron chi connectivity index (χ2n) is 4.01. The molecule has 0 saturated heterocycles. The maximum Gasteiger partial charge on any atom is 0.406 e. The van der Waals surface area contributed by atoms with Gasteiger partial charge in [-0.1, -0.05) is 30.3 Å². The molecular formula is C12H14F3NOS. The van der Waals surface area contributed by atoms with Gasteiger partial charge in [0.2, 0.25) is 5.91 Å². The van der Waals surface area contributed by atoms with Gasteiger partial charge in [0.1, 0.15) is 6.54 Å². The van der Waals surface area contributed by atoms with E-state index in [1.54, 1.807) is 24.3 Å². The molecular weight excluding hydrogens is 263 g/mol. The molecule has 0 bridgehead atoms. The number of nitrogens with zero attached hydrogens (tertiary/aromatic N) is 1. The van der Waals surface area contributed by atoms with Crippen molar-refractivity contribution < 1.29 is 18.0 Å². The molecule has 0 aromatic heterocycles. The number of rotatable bonds is 4. The summed E-state index contributed by atoms with van der Waals surface area (Å²) in [5.41, 5.74) is 0.867. The van der Waals surface area contributed by atoms with Gasteiger partial charge in [0.25, 0.3) is 0 Å². The Hall–Kier alpha value is -1.17. The van der Waals surface area contributed by atoms with E-state index in [2.05, 4.69) is 12.6 Å². The topological polar surface area (TPSA) is 20.3 Å². The van der Waals surface area contributed by atoms with Crippen LogP contribution in [-0.4, -0.2) is 35.8 Å². The zero-order valence-corrected chi connectivity index (χ0v) is 10.7. The quantitative estimate of drug-likeness (QED) is 0.839. The van der Waals surface area contributed by atoms with E-state index in [0.717, 1.165) is 12.6 Å². The van der Waals surface area contributed by atoms with Crippen LogP contribution in [0.3, 0.4) is 0 Å². The highest BCUT2D eigenvalue weighted by Crippen LogP contribution is 2.17. The molecule has 0 N–H and O–H groups in total. The molecule has 2 nitrogen and oxygen atoms in total. The van der Waals surface area contributed by atoms with Crippen LogP contribution in [0.25, 0.3) is 0 Å². The second-order valence-corrected chi connectivity index (χ2v) is 4.64. The first kappa shape index (κ1) is 14.9. The lowest BCUT2D eigenvalue weighted by Gasteiger charge is -2.22. The molecule has 1 rings (SSSR count). The van der Waals surface area contributed by atoms with Crippen LogP contribution in [0, 0.1) is 0 Å². The van der Waals surface area contributed by atoms with Gasteiger partial charge in [0.05, 0.1) is 5.25 Å². The molecule has 0 spiro atoms. The number of hydrogen-bond acceptors (Lipinski definition) is 2. The zero-order valence-electron chi connectivity index (χ0n) is 9.81. The molecule has 18 heavy (non-hydrogen) atoms. The van der Waals surface area contributed by atoms with Gasteiger partial charge >= 0.3 is 6.18 Å². The fourth-order valence-electron chi connectivity index (χ4n) is 1.53. The highest BCUT2D eigenvalue weighted by atomic mass is 32.1. The number of hydrogen-bond donors (Lipinski definition) is 1. The molecule has 0 saturated carbocycles. The van der Waals surface area contributed by atoms with Gasteiger partial charge in [0.15, 0.2) is 0 Å². The summed E-state index contributed by atoms with van der Waals surface area (Å²) < 4.78 is 36.4. The Morgan fingerprint density at radius 1 is 1.33 bits per heavy atom. The molecule has 1 aromatic rings. The second kappa shape index (κ2) is 6.13. The number of amides is 1. The lowest BCUT2D eigenvalue weighted by Crippen LogP contribution is -2.40. The minimum atomic E-state index is -4.38. The summed E-state index contributed by atoms with van der Waals surface area (Å²) in [6.07, 6.45) is -4.07. The first-order chi connectivity index (χ1) is 8.29. The van der Waals surface area contributed by atoms with E-state index >= 15 is 0 Å². The first-order valence-corrected chi connectivity index (χ1v) is 5.85. The fourth-order valence-corrected chi connectivity index (χ4v) is 1.93. The minimum Gasteiger partial charge on any atom is -0.336 e. The van der Waals surface area contributed by atoms with Crippen molar-refractivity contribution in [1.29, 1.82) is 0 Å². The van der Waals surface area contributed by atoms with Gasteiger partial charge in [-0.05, 0) is 12.0 Å². The third-order valence-electron chi connectivity index (χ3n) is 2.35. The maximum atomic E-state index is 12.1. The Balaban J connectivity index is 2.56. The van der Waals surface area contributed by atoms with Crippen LogP contribution >= 0.6 is 12.6 Å². The third-order valence-corrected chi connectivity index (χ3v) is 2.75. The summed E-state index contributed by atoms with van der Waals surface area (Å²) in [6.45, 7) is -1.25. The van der Waals surface area contributed by atoms with Gasteiger partial charge in [0, 0.05) is 7.05 Å². The molecule has 1 atom stereocenters. The van der Waals surface area contributed by atoms with Crippen molar-refractivity contribution in [2.24, 2.45) is 0 Å².